The van der Waals surface area contributed by atoms with Gasteiger partial charge in [0.25, 0.3) is 0 Å². The lowest BCUT2D eigenvalue weighted by Gasteiger charge is -2.12. The Hall–Kier alpha value is -8.02. The highest BCUT2D eigenvalue weighted by Crippen LogP contribution is 2.47. The van der Waals surface area contributed by atoms with Gasteiger partial charge < -0.3 is 8.97 Å². The summed E-state index contributed by atoms with van der Waals surface area (Å²) in [4.78, 5) is 11.0. The van der Waals surface area contributed by atoms with Crippen molar-refractivity contribution in [2.75, 3.05) is 0 Å². The molecule has 14 aromatic rings. The van der Waals surface area contributed by atoms with Crippen molar-refractivity contribution in [2.45, 2.75) is 0 Å². The molecule has 0 unspecified atom stereocenters. The highest BCUT2D eigenvalue weighted by atomic mass is 15.2. The summed E-state index contributed by atoms with van der Waals surface area (Å²) in [5.41, 5.74) is 12.2. The molecule has 14 rings (SSSR count). The van der Waals surface area contributed by atoms with Crippen LogP contribution in [-0.2, 0) is 0 Å². The molecule has 0 saturated carbocycles. The van der Waals surface area contributed by atoms with Gasteiger partial charge in [0.05, 0.1) is 49.8 Å². The maximum Gasteiger partial charge on any atom is 0.235 e. The zero-order valence-corrected chi connectivity index (χ0v) is 31.6. The fourth-order valence-corrected chi connectivity index (χ4v) is 10.3. The monoisotopic (exact) mass is 749 g/mol. The van der Waals surface area contributed by atoms with Crippen LogP contribution in [0.15, 0.2) is 188 Å². The maximum absolute atomic E-state index is 5.59. The predicted molar refractivity (Wildman–Crippen MR) is 246 cm³/mol. The van der Waals surface area contributed by atoms with Crippen molar-refractivity contribution in [1.82, 2.24) is 23.5 Å². The van der Waals surface area contributed by atoms with E-state index in [1.807, 2.05) is 0 Å². The molecule has 0 aliphatic heterocycles. The van der Waals surface area contributed by atoms with Crippen molar-refractivity contribution >= 4 is 103 Å². The lowest BCUT2D eigenvalue weighted by atomic mass is 10.0. The van der Waals surface area contributed by atoms with E-state index in [2.05, 4.69) is 202 Å². The molecule has 0 fully saturated rings. The Morgan fingerprint density at radius 2 is 0.966 bits per heavy atom. The predicted octanol–water partition coefficient (Wildman–Crippen LogP) is 13.8. The number of rotatable bonds is 3. The van der Waals surface area contributed by atoms with Crippen molar-refractivity contribution < 1.29 is 0 Å². The molecule has 0 N–H and O–H groups in total. The molecule has 5 nitrogen and oxygen atoms in total. The quantitative estimate of drug-likeness (QED) is 0.180. The van der Waals surface area contributed by atoms with Crippen molar-refractivity contribution in [3.05, 3.63) is 188 Å². The number of hydrogen-bond acceptors (Lipinski definition) is 2. The van der Waals surface area contributed by atoms with Crippen molar-refractivity contribution in [2.24, 2.45) is 0 Å². The zero-order valence-electron chi connectivity index (χ0n) is 31.6. The minimum Gasteiger partial charge on any atom is -0.309 e. The first-order valence-corrected chi connectivity index (χ1v) is 20.2. The molecule has 0 aliphatic carbocycles. The van der Waals surface area contributed by atoms with Crippen LogP contribution in [0.2, 0.25) is 0 Å². The second-order valence-electron chi connectivity index (χ2n) is 15.8. The molecular formula is C54H31N5. The highest BCUT2D eigenvalue weighted by Gasteiger charge is 2.26. The van der Waals surface area contributed by atoms with Crippen LogP contribution in [0.3, 0.4) is 0 Å². The molecule has 0 radical (unpaired) electrons. The van der Waals surface area contributed by atoms with Crippen LogP contribution < -0.4 is 0 Å². The van der Waals surface area contributed by atoms with Crippen LogP contribution in [0.5, 0.6) is 0 Å². The van der Waals surface area contributed by atoms with Crippen LogP contribution in [0.4, 0.5) is 0 Å². The molecule has 272 valence electrons. The van der Waals surface area contributed by atoms with Crippen molar-refractivity contribution in [1.29, 1.82) is 0 Å². The van der Waals surface area contributed by atoms with Gasteiger partial charge in [0.1, 0.15) is 0 Å². The lowest BCUT2D eigenvalue weighted by molar-refractivity contribution is 1.01. The first-order valence-electron chi connectivity index (χ1n) is 20.2. The first-order chi connectivity index (χ1) is 29.3. The smallest absolute Gasteiger partial charge is 0.235 e. The van der Waals surface area contributed by atoms with Gasteiger partial charge in [-0.05, 0) is 77.5 Å². The Morgan fingerprint density at radius 3 is 1.78 bits per heavy atom. The van der Waals surface area contributed by atoms with Gasteiger partial charge in [-0.2, -0.15) is 0 Å². The summed E-state index contributed by atoms with van der Waals surface area (Å²) in [6, 6.07) is 68.0. The molecule has 0 saturated heterocycles. The van der Waals surface area contributed by atoms with E-state index in [1.165, 1.54) is 75.9 Å². The Labute approximate surface area is 336 Å². The van der Waals surface area contributed by atoms with E-state index in [-0.39, 0.29) is 0 Å². The Bertz CT molecular complexity index is 4070. The molecular weight excluding hydrogens is 719 g/mol. The summed E-state index contributed by atoms with van der Waals surface area (Å²) in [5, 5.41) is 13.3. The van der Waals surface area contributed by atoms with Crippen molar-refractivity contribution in [3.63, 3.8) is 0 Å². The summed E-state index contributed by atoms with van der Waals surface area (Å²) >= 11 is 0. The van der Waals surface area contributed by atoms with E-state index in [1.54, 1.807) is 0 Å². The molecule has 9 aromatic carbocycles. The number of nitrogens with zero attached hydrogens (tertiary/aromatic N) is 5. The number of para-hydroxylation sites is 5. The molecule has 0 spiro atoms. The summed E-state index contributed by atoms with van der Waals surface area (Å²) in [7, 11) is 0. The molecule has 0 aliphatic rings. The normalized spacial score (nSPS) is 12.4. The summed E-state index contributed by atoms with van der Waals surface area (Å²) in [5.74, 6) is 0.656. The molecule has 0 atom stereocenters. The Balaban J connectivity index is 1.10. The number of hydrogen-bond donors (Lipinski definition) is 0. The maximum atomic E-state index is 5.59. The van der Waals surface area contributed by atoms with Gasteiger partial charge >= 0.3 is 0 Å². The van der Waals surface area contributed by atoms with Crippen LogP contribution in [0.25, 0.3) is 126 Å². The molecule has 0 bridgehead atoms. The van der Waals surface area contributed by atoms with Gasteiger partial charge in [0.15, 0.2) is 0 Å². The van der Waals surface area contributed by atoms with Gasteiger partial charge in [-0.3, -0.25) is 4.57 Å². The fourth-order valence-electron chi connectivity index (χ4n) is 10.3. The average molecular weight is 750 g/mol. The Kier molecular flexibility index (Phi) is 5.96. The van der Waals surface area contributed by atoms with Crippen LogP contribution >= 0.6 is 0 Å². The largest absolute Gasteiger partial charge is 0.309 e. The summed E-state index contributed by atoms with van der Waals surface area (Å²) in [6.07, 6.45) is 0. The van der Waals surface area contributed by atoms with E-state index < -0.39 is 0 Å². The second kappa shape index (κ2) is 11.3. The first kappa shape index (κ1) is 31.1. The molecule has 5 heterocycles. The van der Waals surface area contributed by atoms with Crippen LogP contribution in [0.1, 0.15) is 0 Å². The number of aromatic nitrogens is 5. The second-order valence-corrected chi connectivity index (χ2v) is 15.8. The lowest BCUT2D eigenvalue weighted by Crippen LogP contribution is -2.03. The third-order valence-corrected chi connectivity index (χ3v) is 12.7. The molecule has 59 heavy (non-hydrogen) atoms. The standard InChI is InChI=1S/C54H31N5/c1-2-16-35(17-3-1)57-44-23-11-7-18-36(44)40-29-34(26-27-47(40)57)52-38-20-6-10-22-43(38)55-54(56-52)59-46-25-13-9-21-39(46)50-49(59)31-41-37-19-8-12-24-45(37)58-48-30-33-15-5-4-14-32(33)28-42(48)51(50)53(41)58/h1-31H. The van der Waals surface area contributed by atoms with E-state index >= 15 is 0 Å². The average Bonchev–Trinajstić information content (AvgIpc) is 4.01. The molecule has 5 heteroatoms. The topological polar surface area (TPSA) is 40.0 Å². The van der Waals surface area contributed by atoms with E-state index in [9.17, 15) is 0 Å². The van der Waals surface area contributed by atoms with E-state index in [4.69, 9.17) is 9.97 Å². The van der Waals surface area contributed by atoms with Crippen molar-refractivity contribution in [3.8, 4) is 22.9 Å². The summed E-state index contributed by atoms with van der Waals surface area (Å²) < 4.78 is 7.16. The highest BCUT2D eigenvalue weighted by molar-refractivity contribution is 6.36. The van der Waals surface area contributed by atoms with Gasteiger partial charge in [-0.1, -0.05) is 121 Å². The third-order valence-electron chi connectivity index (χ3n) is 12.7. The van der Waals surface area contributed by atoms with Gasteiger partial charge in [-0.25, -0.2) is 9.97 Å². The van der Waals surface area contributed by atoms with Gasteiger partial charge in [-0.15, -0.1) is 0 Å². The van der Waals surface area contributed by atoms with E-state index in [0.29, 0.717) is 5.95 Å². The number of benzene rings is 9. The van der Waals surface area contributed by atoms with E-state index in [0.717, 1.165) is 44.4 Å². The Morgan fingerprint density at radius 1 is 0.339 bits per heavy atom. The zero-order chi connectivity index (χ0) is 38.3. The van der Waals surface area contributed by atoms with Crippen LogP contribution in [-0.4, -0.2) is 23.5 Å². The third kappa shape index (κ3) is 4.08. The van der Waals surface area contributed by atoms with Gasteiger partial charge in [0, 0.05) is 59.7 Å². The minimum atomic E-state index is 0.656. The molecule has 5 aromatic heterocycles. The van der Waals surface area contributed by atoms with Crippen LogP contribution in [0, 0.1) is 0 Å². The number of fused-ring (bicyclic) bond motifs is 15. The molecule has 0 amide bonds. The SMILES string of the molecule is c1ccc(-n2c3ccccc3c3cc(-c4nc(-n5c6ccccc6c6c7c8cc9ccccc9cc8n8c9ccccc9c(cc65)c78)nc5ccccc45)ccc32)cc1. The summed E-state index contributed by atoms with van der Waals surface area (Å²) in [6.45, 7) is 0. The van der Waals surface area contributed by atoms with Gasteiger partial charge in [0.2, 0.25) is 5.95 Å². The fraction of sp³-hybridized carbons (Fsp3) is 0. The minimum absolute atomic E-state index is 0.656.